The first-order valence-corrected chi connectivity index (χ1v) is 9.22. The Morgan fingerprint density at radius 2 is 2.07 bits per heavy atom. The highest BCUT2D eigenvalue weighted by Gasteiger charge is 2.26. The highest BCUT2D eigenvalue weighted by molar-refractivity contribution is 7.20. The third kappa shape index (κ3) is 3.55. The summed E-state index contributed by atoms with van der Waals surface area (Å²) in [6.45, 7) is 0.872. The van der Waals surface area contributed by atoms with E-state index < -0.39 is 17.2 Å². The topological polar surface area (TPSA) is 75.3 Å². The van der Waals surface area contributed by atoms with Gasteiger partial charge in [0.2, 0.25) is 0 Å². The molecule has 1 aromatic carbocycles. The molecule has 1 saturated heterocycles. The molecule has 1 aliphatic rings. The molecule has 4 rings (SSSR count). The van der Waals surface area contributed by atoms with Gasteiger partial charge < -0.3 is 14.6 Å². The highest BCUT2D eigenvalue weighted by atomic mass is 32.1. The second-order valence-electron chi connectivity index (χ2n) is 6.24. The van der Waals surface area contributed by atoms with Gasteiger partial charge in [-0.25, -0.2) is 8.78 Å². The van der Waals surface area contributed by atoms with Crippen LogP contribution in [0.1, 0.15) is 23.2 Å². The summed E-state index contributed by atoms with van der Waals surface area (Å²) >= 11 is 1.09. The molecular formula is C18H15F2N3O3S. The number of aromatic nitrogens is 2. The Balaban J connectivity index is 1.41. The Kier molecular flexibility index (Phi) is 4.61. The zero-order valence-electron chi connectivity index (χ0n) is 14.1. The average molecular weight is 391 g/mol. The van der Waals surface area contributed by atoms with Crippen LogP contribution in [-0.2, 0) is 0 Å². The number of pyridine rings is 1. The monoisotopic (exact) mass is 391 g/mol. The van der Waals surface area contributed by atoms with Crippen molar-refractivity contribution >= 4 is 27.5 Å². The molecule has 1 N–H and O–H groups in total. The number of carbonyl (C=O) groups excluding carboxylic acids is 1. The SMILES string of the molecule is O=C(c1ccc[nH]c1=O)N1CCC(Oc2nc3c(F)cc(F)cc3s2)CC1. The Hall–Kier alpha value is -2.81. The first-order valence-electron chi connectivity index (χ1n) is 8.40. The van der Waals surface area contributed by atoms with Crippen LogP contribution in [0.3, 0.4) is 0 Å². The second-order valence-corrected chi connectivity index (χ2v) is 7.23. The summed E-state index contributed by atoms with van der Waals surface area (Å²) in [5.41, 5.74) is -0.211. The maximum Gasteiger partial charge on any atom is 0.274 e. The molecular weight excluding hydrogens is 376 g/mol. The lowest BCUT2D eigenvalue weighted by Gasteiger charge is -2.31. The largest absolute Gasteiger partial charge is 0.467 e. The van der Waals surface area contributed by atoms with E-state index in [1.54, 1.807) is 11.0 Å². The molecule has 3 aromatic rings. The lowest BCUT2D eigenvalue weighted by molar-refractivity contribution is 0.0594. The van der Waals surface area contributed by atoms with Crippen LogP contribution in [0, 0.1) is 11.6 Å². The zero-order valence-corrected chi connectivity index (χ0v) is 14.9. The Morgan fingerprint density at radius 3 is 2.81 bits per heavy atom. The number of halogens is 2. The number of carbonyl (C=O) groups is 1. The van der Waals surface area contributed by atoms with Crippen molar-refractivity contribution in [2.75, 3.05) is 13.1 Å². The molecule has 0 unspecified atom stereocenters. The number of benzene rings is 1. The highest BCUT2D eigenvalue weighted by Crippen LogP contribution is 2.32. The minimum absolute atomic E-state index is 0.0901. The predicted molar refractivity (Wildman–Crippen MR) is 96.2 cm³/mol. The number of amides is 1. The molecule has 0 saturated carbocycles. The van der Waals surface area contributed by atoms with Crippen LogP contribution in [0.25, 0.3) is 10.2 Å². The zero-order chi connectivity index (χ0) is 19.0. The fourth-order valence-corrected chi connectivity index (χ4v) is 3.99. The van der Waals surface area contributed by atoms with Crippen molar-refractivity contribution in [2.45, 2.75) is 18.9 Å². The number of piperidine rings is 1. The van der Waals surface area contributed by atoms with Gasteiger partial charge in [0.05, 0.1) is 4.70 Å². The maximum atomic E-state index is 13.7. The van der Waals surface area contributed by atoms with Gasteiger partial charge >= 0.3 is 0 Å². The van der Waals surface area contributed by atoms with Crippen LogP contribution < -0.4 is 10.3 Å². The normalized spacial score (nSPS) is 15.3. The molecule has 1 fully saturated rings. The number of hydrogen-bond donors (Lipinski definition) is 1. The van der Waals surface area contributed by atoms with Gasteiger partial charge in [0.25, 0.3) is 16.7 Å². The van der Waals surface area contributed by atoms with Crippen LogP contribution in [0.2, 0.25) is 0 Å². The quantitative estimate of drug-likeness (QED) is 0.745. The first-order chi connectivity index (χ1) is 13.0. The molecule has 2 aromatic heterocycles. The van der Waals surface area contributed by atoms with Gasteiger partial charge in [0, 0.05) is 38.2 Å². The number of nitrogens with one attached hydrogen (secondary N) is 1. The third-order valence-electron chi connectivity index (χ3n) is 4.44. The maximum absolute atomic E-state index is 13.7. The van der Waals surface area contributed by atoms with E-state index in [1.807, 2.05) is 0 Å². The van der Waals surface area contributed by atoms with Crippen molar-refractivity contribution in [3.05, 3.63) is 58.0 Å². The van der Waals surface area contributed by atoms with Gasteiger partial charge in [-0.3, -0.25) is 9.59 Å². The molecule has 27 heavy (non-hydrogen) atoms. The van der Waals surface area contributed by atoms with Crippen molar-refractivity contribution in [1.29, 1.82) is 0 Å². The summed E-state index contributed by atoms with van der Waals surface area (Å²) in [7, 11) is 0. The number of ether oxygens (including phenoxy) is 1. The van der Waals surface area contributed by atoms with Crippen molar-refractivity contribution < 1.29 is 18.3 Å². The van der Waals surface area contributed by atoms with Gasteiger partial charge in [-0.15, -0.1) is 0 Å². The molecule has 0 bridgehead atoms. The number of H-pyrrole nitrogens is 1. The Bertz CT molecular complexity index is 1060. The lowest BCUT2D eigenvalue weighted by atomic mass is 10.1. The van der Waals surface area contributed by atoms with Crippen molar-refractivity contribution in [3.8, 4) is 5.19 Å². The standard InChI is InChI=1S/C18H15F2N3O3S/c19-10-8-13(20)15-14(9-10)27-18(22-15)26-11-3-6-23(7-4-11)17(25)12-2-1-5-21-16(12)24/h1-2,5,8-9,11H,3-4,6-7H2,(H,21,24). The van der Waals surface area contributed by atoms with Crippen LogP contribution in [0.5, 0.6) is 5.19 Å². The summed E-state index contributed by atoms with van der Waals surface area (Å²) < 4.78 is 33.2. The van der Waals surface area contributed by atoms with E-state index in [4.69, 9.17) is 4.74 Å². The summed E-state index contributed by atoms with van der Waals surface area (Å²) in [5.74, 6) is -1.68. The van der Waals surface area contributed by atoms with Crippen LogP contribution in [0.15, 0.2) is 35.3 Å². The number of thiazole rings is 1. The molecule has 3 heterocycles. The second kappa shape index (κ2) is 7.07. The number of nitrogens with zero attached hydrogens (tertiary/aromatic N) is 2. The molecule has 0 radical (unpaired) electrons. The molecule has 0 aliphatic carbocycles. The minimum atomic E-state index is -0.718. The number of aromatic amines is 1. The van der Waals surface area contributed by atoms with Crippen LogP contribution >= 0.6 is 11.3 Å². The average Bonchev–Trinajstić information content (AvgIpc) is 3.05. The summed E-state index contributed by atoms with van der Waals surface area (Å²) in [5, 5.41) is 0.277. The van der Waals surface area contributed by atoms with E-state index in [-0.39, 0.29) is 28.3 Å². The van der Waals surface area contributed by atoms with Crippen LogP contribution in [-0.4, -0.2) is 40.0 Å². The van der Waals surface area contributed by atoms with Gasteiger partial charge in [0.1, 0.15) is 23.0 Å². The summed E-state index contributed by atoms with van der Waals surface area (Å²) in [4.78, 5) is 32.4. The Morgan fingerprint density at radius 1 is 1.30 bits per heavy atom. The molecule has 140 valence electrons. The van der Waals surface area contributed by atoms with Gasteiger partial charge in [-0.05, 0) is 18.2 Å². The molecule has 1 amide bonds. The van der Waals surface area contributed by atoms with Gasteiger partial charge in [-0.1, -0.05) is 11.3 Å². The van der Waals surface area contributed by atoms with Crippen molar-refractivity contribution in [3.63, 3.8) is 0 Å². The van der Waals surface area contributed by atoms with Crippen molar-refractivity contribution in [2.24, 2.45) is 0 Å². The number of fused-ring (bicyclic) bond motifs is 1. The Labute approximate surface area is 156 Å². The molecule has 1 aliphatic heterocycles. The molecule has 6 nitrogen and oxygen atoms in total. The van der Waals surface area contributed by atoms with Crippen LogP contribution in [0.4, 0.5) is 8.78 Å². The number of hydrogen-bond acceptors (Lipinski definition) is 5. The van der Waals surface area contributed by atoms with E-state index in [9.17, 15) is 18.4 Å². The number of likely N-dealkylation sites (tertiary alicyclic amines) is 1. The predicted octanol–water partition coefficient (Wildman–Crippen LogP) is 2.95. The van der Waals surface area contributed by atoms with E-state index in [1.165, 1.54) is 18.3 Å². The van der Waals surface area contributed by atoms with E-state index in [0.29, 0.717) is 30.6 Å². The smallest absolute Gasteiger partial charge is 0.274 e. The minimum Gasteiger partial charge on any atom is -0.467 e. The van der Waals surface area contributed by atoms with Gasteiger partial charge in [0.15, 0.2) is 5.82 Å². The fraction of sp³-hybridized carbons (Fsp3) is 0.278. The fourth-order valence-electron chi connectivity index (χ4n) is 3.07. The summed E-state index contributed by atoms with van der Waals surface area (Å²) in [6.07, 6.45) is 2.41. The number of rotatable bonds is 3. The van der Waals surface area contributed by atoms with E-state index in [2.05, 4.69) is 9.97 Å². The lowest BCUT2D eigenvalue weighted by Crippen LogP contribution is -2.43. The first kappa shape index (κ1) is 17.6. The molecule has 0 spiro atoms. The summed E-state index contributed by atoms with van der Waals surface area (Å²) in [6, 6.07) is 5.13. The van der Waals surface area contributed by atoms with E-state index in [0.717, 1.165) is 17.4 Å². The third-order valence-corrected chi connectivity index (χ3v) is 5.33. The molecule has 0 atom stereocenters. The van der Waals surface area contributed by atoms with Gasteiger partial charge in [-0.2, -0.15) is 4.98 Å². The molecule has 9 heteroatoms. The van der Waals surface area contributed by atoms with Crippen molar-refractivity contribution in [1.82, 2.24) is 14.9 Å². The van der Waals surface area contributed by atoms with E-state index >= 15 is 0 Å².